The molecule has 2 rings (SSSR count). The Bertz CT molecular complexity index is 634. The van der Waals surface area contributed by atoms with Crippen LogP contribution in [0.4, 0.5) is 0 Å². The maximum absolute atomic E-state index is 5.47. The van der Waals surface area contributed by atoms with Gasteiger partial charge >= 0.3 is 0 Å². The molecule has 4 heteroatoms. The Balaban J connectivity index is 2.51. The van der Waals surface area contributed by atoms with E-state index in [2.05, 4.69) is 6.58 Å². The third-order valence-electron chi connectivity index (χ3n) is 3.46. The summed E-state index contributed by atoms with van der Waals surface area (Å²) in [6.07, 6.45) is 0. The number of hydrogen-bond acceptors (Lipinski definition) is 4. The molecule has 0 aromatic heterocycles. The lowest BCUT2D eigenvalue weighted by atomic mass is 9.97. The average molecular weight is 300 g/mol. The van der Waals surface area contributed by atoms with Crippen LogP contribution in [-0.2, 0) is 0 Å². The topological polar surface area (TPSA) is 36.9 Å². The zero-order valence-electron chi connectivity index (χ0n) is 13.3. The van der Waals surface area contributed by atoms with Crippen LogP contribution in [-0.4, -0.2) is 28.4 Å². The van der Waals surface area contributed by atoms with Crippen molar-refractivity contribution in [2.45, 2.75) is 0 Å². The molecule has 0 heterocycles. The van der Waals surface area contributed by atoms with Crippen molar-refractivity contribution in [2.24, 2.45) is 0 Å². The normalized spacial score (nSPS) is 10.0. The van der Waals surface area contributed by atoms with Crippen molar-refractivity contribution in [3.05, 3.63) is 54.1 Å². The van der Waals surface area contributed by atoms with E-state index in [9.17, 15) is 0 Å². The molecule has 2 aromatic carbocycles. The van der Waals surface area contributed by atoms with Crippen LogP contribution in [0.1, 0.15) is 11.1 Å². The Labute approximate surface area is 130 Å². The summed E-state index contributed by atoms with van der Waals surface area (Å²) in [6.45, 7) is 4.18. The van der Waals surface area contributed by atoms with Crippen molar-refractivity contribution in [1.29, 1.82) is 0 Å². The van der Waals surface area contributed by atoms with Gasteiger partial charge < -0.3 is 18.9 Å². The highest BCUT2D eigenvalue weighted by Gasteiger charge is 2.17. The van der Waals surface area contributed by atoms with Crippen molar-refractivity contribution in [3.8, 4) is 23.0 Å². The van der Waals surface area contributed by atoms with Gasteiger partial charge in [-0.1, -0.05) is 18.7 Å². The fourth-order valence-corrected chi connectivity index (χ4v) is 2.24. The minimum Gasteiger partial charge on any atom is -0.497 e. The van der Waals surface area contributed by atoms with Gasteiger partial charge in [-0.05, 0) is 23.3 Å². The van der Waals surface area contributed by atoms with Crippen LogP contribution in [0, 0.1) is 0 Å². The third kappa shape index (κ3) is 3.01. The van der Waals surface area contributed by atoms with E-state index in [0.29, 0.717) is 17.2 Å². The lowest BCUT2D eigenvalue weighted by Gasteiger charge is -2.17. The van der Waals surface area contributed by atoms with E-state index in [1.807, 2.05) is 36.4 Å². The SMILES string of the molecule is C=C(c1ccc(OC)cc1)c1c(OC)cc(OC)cc1OC. The van der Waals surface area contributed by atoms with Crippen LogP contribution in [0.25, 0.3) is 5.57 Å². The summed E-state index contributed by atoms with van der Waals surface area (Å²) in [7, 11) is 6.46. The quantitative estimate of drug-likeness (QED) is 0.813. The van der Waals surface area contributed by atoms with Crippen LogP contribution in [0.5, 0.6) is 23.0 Å². The van der Waals surface area contributed by atoms with E-state index in [-0.39, 0.29) is 0 Å². The molecule has 4 nitrogen and oxygen atoms in total. The van der Waals surface area contributed by atoms with Gasteiger partial charge in [-0.3, -0.25) is 0 Å². The van der Waals surface area contributed by atoms with E-state index in [0.717, 1.165) is 22.4 Å². The van der Waals surface area contributed by atoms with Crippen molar-refractivity contribution < 1.29 is 18.9 Å². The van der Waals surface area contributed by atoms with Gasteiger partial charge in [0.2, 0.25) is 0 Å². The molecule has 22 heavy (non-hydrogen) atoms. The van der Waals surface area contributed by atoms with E-state index >= 15 is 0 Å². The Morgan fingerprint density at radius 3 is 1.64 bits per heavy atom. The molecule has 0 aliphatic carbocycles. The van der Waals surface area contributed by atoms with Crippen molar-refractivity contribution >= 4 is 5.57 Å². The highest BCUT2D eigenvalue weighted by atomic mass is 16.5. The minimum atomic E-state index is 0.650. The smallest absolute Gasteiger partial charge is 0.134 e. The molecule has 0 atom stereocenters. The van der Waals surface area contributed by atoms with Gasteiger partial charge in [0.25, 0.3) is 0 Å². The molecule has 2 aromatic rings. The summed E-state index contributed by atoms with van der Waals surface area (Å²) in [5.41, 5.74) is 2.57. The Morgan fingerprint density at radius 1 is 0.727 bits per heavy atom. The second-order valence-corrected chi connectivity index (χ2v) is 4.61. The molecule has 0 radical (unpaired) electrons. The first-order valence-electron chi connectivity index (χ1n) is 6.78. The molecule has 0 spiro atoms. The Morgan fingerprint density at radius 2 is 1.23 bits per heavy atom. The number of hydrogen-bond donors (Lipinski definition) is 0. The van der Waals surface area contributed by atoms with E-state index < -0.39 is 0 Å². The maximum atomic E-state index is 5.47. The fraction of sp³-hybridized carbons (Fsp3) is 0.222. The molecule has 0 saturated heterocycles. The highest BCUT2D eigenvalue weighted by molar-refractivity contribution is 5.85. The molecule has 0 bridgehead atoms. The van der Waals surface area contributed by atoms with Gasteiger partial charge in [-0.25, -0.2) is 0 Å². The predicted molar refractivity (Wildman–Crippen MR) is 87.2 cm³/mol. The van der Waals surface area contributed by atoms with E-state index in [1.54, 1.807) is 28.4 Å². The third-order valence-corrected chi connectivity index (χ3v) is 3.46. The van der Waals surface area contributed by atoms with Gasteiger partial charge in [0.05, 0.1) is 34.0 Å². The molecule has 0 N–H and O–H groups in total. The summed E-state index contributed by atoms with van der Waals surface area (Å²) < 4.78 is 21.4. The van der Waals surface area contributed by atoms with Crippen LogP contribution < -0.4 is 18.9 Å². The number of benzene rings is 2. The molecule has 0 fully saturated rings. The molecular formula is C18H20O4. The van der Waals surface area contributed by atoms with E-state index in [1.165, 1.54) is 0 Å². The maximum Gasteiger partial charge on any atom is 0.134 e. The molecule has 0 saturated carbocycles. The lowest BCUT2D eigenvalue weighted by molar-refractivity contribution is 0.374. The van der Waals surface area contributed by atoms with Gasteiger partial charge in [-0.15, -0.1) is 0 Å². The lowest BCUT2D eigenvalue weighted by Crippen LogP contribution is -1.98. The summed E-state index contributed by atoms with van der Waals surface area (Å²) in [6, 6.07) is 11.3. The molecule has 0 amide bonds. The van der Waals surface area contributed by atoms with Gasteiger partial charge in [0, 0.05) is 12.1 Å². The highest BCUT2D eigenvalue weighted by Crippen LogP contribution is 2.40. The standard InChI is InChI=1S/C18H20O4/c1-12(13-6-8-14(19-2)9-7-13)18-16(21-4)10-15(20-3)11-17(18)22-5/h6-11H,1H2,2-5H3. The number of methoxy groups -OCH3 is 4. The Hall–Kier alpha value is -2.62. The van der Waals surface area contributed by atoms with Crippen LogP contribution in [0.3, 0.4) is 0 Å². The largest absolute Gasteiger partial charge is 0.497 e. The van der Waals surface area contributed by atoms with Crippen LogP contribution in [0.2, 0.25) is 0 Å². The van der Waals surface area contributed by atoms with Crippen LogP contribution in [0.15, 0.2) is 43.0 Å². The number of rotatable bonds is 6. The first kappa shape index (κ1) is 15.8. The summed E-state index contributed by atoms with van der Waals surface area (Å²) in [5, 5.41) is 0. The average Bonchev–Trinajstić information content (AvgIpc) is 2.59. The summed E-state index contributed by atoms with van der Waals surface area (Å²) >= 11 is 0. The van der Waals surface area contributed by atoms with Gasteiger partial charge in [0.15, 0.2) is 0 Å². The second-order valence-electron chi connectivity index (χ2n) is 4.61. The zero-order chi connectivity index (χ0) is 16.1. The summed E-state index contributed by atoms with van der Waals surface area (Å²) in [5.74, 6) is 2.76. The van der Waals surface area contributed by atoms with Crippen molar-refractivity contribution in [2.75, 3.05) is 28.4 Å². The number of ether oxygens (including phenoxy) is 4. The zero-order valence-corrected chi connectivity index (χ0v) is 13.3. The molecule has 0 aliphatic rings. The van der Waals surface area contributed by atoms with E-state index in [4.69, 9.17) is 18.9 Å². The predicted octanol–water partition coefficient (Wildman–Crippen LogP) is 3.78. The minimum absolute atomic E-state index is 0.650. The van der Waals surface area contributed by atoms with Gasteiger partial charge in [0.1, 0.15) is 23.0 Å². The Kier molecular flexibility index (Phi) is 4.94. The first-order chi connectivity index (χ1) is 10.6. The molecule has 116 valence electrons. The first-order valence-corrected chi connectivity index (χ1v) is 6.78. The summed E-state index contributed by atoms with van der Waals surface area (Å²) in [4.78, 5) is 0. The van der Waals surface area contributed by atoms with Gasteiger partial charge in [-0.2, -0.15) is 0 Å². The van der Waals surface area contributed by atoms with Crippen molar-refractivity contribution in [3.63, 3.8) is 0 Å². The molecule has 0 unspecified atom stereocenters. The monoisotopic (exact) mass is 300 g/mol. The fourth-order valence-electron chi connectivity index (χ4n) is 2.24. The van der Waals surface area contributed by atoms with Crippen molar-refractivity contribution in [1.82, 2.24) is 0 Å². The molecule has 0 aliphatic heterocycles. The van der Waals surface area contributed by atoms with Crippen LogP contribution >= 0.6 is 0 Å². The second kappa shape index (κ2) is 6.89. The molecular weight excluding hydrogens is 280 g/mol.